The monoisotopic (exact) mass is 394 g/mol. The van der Waals surface area contributed by atoms with E-state index >= 15 is 0 Å². The number of aromatic nitrogens is 3. The predicted molar refractivity (Wildman–Crippen MR) is 90.2 cm³/mol. The average Bonchev–Trinajstić information content (AvgIpc) is 3.04. The summed E-state index contributed by atoms with van der Waals surface area (Å²) in [5, 5.41) is 16.4. The number of aromatic carboxylic acids is 1. The van der Waals surface area contributed by atoms with Crippen LogP contribution in [0.1, 0.15) is 16.1 Å². The summed E-state index contributed by atoms with van der Waals surface area (Å²) in [5.74, 6) is -4.15. The molecule has 140 valence electrons. The van der Waals surface area contributed by atoms with Crippen molar-refractivity contribution < 1.29 is 27.1 Å². The highest BCUT2D eigenvalue weighted by Crippen LogP contribution is 2.23. The van der Waals surface area contributed by atoms with Crippen LogP contribution < -0.4 is 4.72 Å². The van der Waals surface area contributed by atoms with Gasteiger partial charge in [-0.15, -0.1) is 5.10 Å². The van der Waals surface area contributed by atoms with E-state index < -0.39 is 38.9 Å². The molecule has 11 heteroatoms. The van der Waals surface area contributed by atoms with Crippen LogP contribution in [0.3, 0.4) is 0 Å². The summed E-state index contributed by atoms with van der Waals surface area (Å²) in [6, 6.07) is 6.33. The van der Waals surface area contributed by atoms with Gasteiger partial charge in [0.15, 0.2) is 0 Å². The summed E-state index contributed by atoms with van der Waals surface area (Å²) in [5.41, 5.74) is -0.371. The number of rotatable bonds is 5. The topological polar surface area (TPSA) is 114 Å². The van der Waals surface area contributed by atoms with Crippen LogP contribution in [0, 0.1) is 18.6 Å². The zero-order valence-electron chi connectivity index (χ0n) is 13.7. The summed E-state index contributed by atoms with van der Waals surface area (Å²) in [6.07, 6.45) is 1.64. The van der Waals surface area contributed by atoms with Gasteiger partial charge in [-0.05, 0) is 37.3 Å². The molecule has 2 N–H and O–H groups in total. The van der Waals surface area contributed by atoms with E-state index in [1.54, 1.807) is 13.1 Å². The van der Waals surface area contributed by atoms with E-state index in [1.165, 1.54) is 28.9 Å². The molecule has 27 heavy (non-hydrogen) atoms. The van der Waals surface area contributed by atoms with Crippen molar-refractivity contribution in [1.82, 2.24) is 15.0 Å². The van der Waals surface area contributed by atoms with E-state index in [9.17, 15) is 22.0 Å². The molecule has 1 aromatic heterocycles. The fourth-order valence-electron chi connectivity index (χ4n) is 2.24. The van der Waals surface area contributed by atoms with Gasteiger partial charge in [0.1, 0.15) is 11.6 Å². The molecule has 0 radical (unpaired) electrons. The number of hydrogen-bond acceptors (Lipinski definition) is 5. The minimum atomic E-state index is -4.23. The zero-order chi connectivity index (χ0) is 19.8. The first-order valence-corrected chi connectivity index (χ1v) is 8.90. The largest absolute Gasteiger partial charge is 0.478 e. The van der Waals surface area contributed by atoms with E-state index in [0.717, 1.165) is 0 Å². The number of hydrogen-bond donors (Lipinski definition) is 2. The molecule has 0 atom stereocenters. The molecule has 0 unspecified atom stereocenters. The van der Waals surface area contributed by atoms with Gasteiger partial charge in [-0.1, -0.05) is 5.21 Å². The van der Waals surface area contributed by atoms with Crippen LogP contribution >= 0.6 is 0 Å². The molecular weight excluding hydrogens is 382 g/mol. The molecule has 3 aromatic rings. The minimum Gasteiger partial charge on any atom is -0.478 e. The maximum Gasteiger partial charge on any atom is 0.338 e. The molecule has 3 rings (SSSR count). The number of aryl methyl sites for hydroxylation is 1. The summed E-state index contributed by atoms with van der Waals surface area (Å²) >= 11 is 0. The lowest BCUT2D eigenvalue weighted by Crippen LogP contribution is -2.15. The van der Waals surface area contributed by atoms with Crippen molar-refractivity contribution in [3.05, 3.63) is 65.5 Å². The van der Waals surface area contributed by atoms with Gasteiger partial charge in [0.25, 0.3) is 10.0 Å². The Morgan fingerprint density at radius 2 is 1.81 bits per heavy atom. The van der Waals surface area contributed by atoms with E-state index in [2.05, 4.69) is 10.3 Å². The molecule has 2 aromatic carbocycles. The van der Waals surface area contributed by atoms with Crippen LogP contribution in [0.2, 0.25) is 0 Å². The van der Waals surface area contributed by atoms with Gasteiger partial charge >= 0.3 is 5.97 Å². The van der Waals surface area contributed by atoms with E-state index in [4.69, 9.17) is 5.11 Å². The summed E-state index contributed by atoms with van der Waals surface area (Å²) in [7, 11) is -4.23. The Bertz CT molecular complexity index is 1130. The number of carbonyl (C=O) groups is 1. The van der Waals surface area contributed by atoms with Crippen molar-refractivity contribution in [2.75, 3.05) is 4.72 Å². The maximum absolute atomic E-state index is 13.9. The molecule has 0 fully saturated rings. The molecule has 0 saturated heterocycles. The van der Waals surface area contributed by atoms with E-state index in [1.807, 2.05) is 4.72 Å². The van der Waals surface area contributed by atoms with Crippen LogP contribution in [0.15, 0.2) is 47.5 Å². The first-order chi connectivity index (χ1) is 12.7. The highest BCUT2D eigenvalue weighted by Gasteiger charge is 2.20. The Labute approximate surface area is 152 Å². The Morgan fingerprint density at radius 3 is 2.37 bits per heavy atom. The molecule has 0 bridgehead atoms. The maximum atomic E-state index is 13.9. The van der Waals surface area contributed by atoms with Crippen LogP contribution in [-0.2, 0) is 10.0 Å². The van der Waals surface area contributed by atoms with Crippen LogP contribution in [0.25, 0.3) is 5.69 Å². The second-order valence-electron chi connectivity index (χ2n) is 5.52. The summed E-state index contributed by atoms with van der Waals surface area (Å²) in [6.45, 7) is 1.75. The molecular formula is C16H12F2N4O4S. The third-order valence-corrected chi connectivity index (χ3v) is 4.93. The SMILES string of the molecule is Cc1cn(-c2ccc(S(=O)(=O)Nc3cc(F)c(C(=O)O)cc3F)cc2)nn1. The fraction of sp³-hybridized carbons (Fsp3) is 0.0625. The highest BCUT2D eigenvalue weighted by atomic mass is 32.2. The van der Waals surface area contributed by atoms with Crippen molar-refractivity contribution in [1.29, 1.82) is 0 Å². The molecule has 0 amide bonds. The molecule has 0 spiro atoms. The lowest BCUT2D eigenvalue weighted by atomic mass is 10.2. The summed E-state index contributed by atoms with van der Waals surface area (Å²) < 4.78 is 55.8. The number of carboxylic acid groups (broad SMARTS) is 1. The molecule has 0 saturated carbocycles. The fourth-order valence-corrected chi connectivity index (χ4v) is 3.30. The molecule has 1 heterocycles. The minimum absolute atomic E-state index is 0.204. The zero-order valence-corrected chi connectivity index (χ0v) is 14.5. The van der Waals surface area contributed by atoms with Gasteiger partial charge in [0.05, 0.1) is 33.7 Å². The number of halogens is 2. The molecule has 0 aliphatic carbocycles. The third-order valence-electron chi connectivity index (χ3n) is 3.55. The van der Waals surface area contributed by atoms with Gasteiger partial charge in [-0.2, -0.15) is 0 Å². The number of sulfonamides is 1. The molecule has 0 aliphatic heterocycles. The Balaban J connectivity index is 1.89. The summed E-state index contributed by atoms with van der Waals surface area (Å²) in [4.78, 5) is 10.6. The number of nitrogens with one attached hydrogen (secondary N) is 1. The van der Waals surface area contributed by atoms with Crippen LogP contribution in [-0.4, -0.2) is 34.5 Å². The second kappa shape index (κ2) is 6.76. The van der Waals surface area contributed by atoms with Gasteiger partial charge in [-0.3, -0.25) is 4.72 Å². The van der Waals surface area contributed by atoms with Crippen molar-refractivity contribution >= 4 is 21.7 Å². The third kappa shape index (κ3) is 3.77. The lowest BCUT2D eigenvalue weighted by Gasteiger charge is -2.10. The van der Waals surface area contributed by atoms with E-state index in [-0.39, 0.29) is 4.90 Å². The second-order valence-corrected chi connectivity index (χ2v) is 7.20. The quantitative estimate of drug-likeness (QED) is 0.687. The predicted octanol–water partition coefficient (Wildman–Crippen LogP) is 2.35. The smallest absolute Gasteiger partial charge is 0.338 e. The molecule has 8 nitrogen and oxygen atoms in total. The van der Waals surface area contributed by atoms with Crippen molar-refractivity contribution in [3.63, 3.8) is 0 Å². The van der Waals surface area contributed by atoms with Crippen LogP contribution in [0.5, 0.6) is 0 Å². The van der Waals surface area contributed by atoms with Gasteiger partial charge in [0, 0.05) is 6.07 Å². The lowest BCUT2D eigenvalue weighted by molar-refractivity contribution is 0.0691. The van der Waals surface area contributed by atoms with Gasteiger partial charge in [-0.25, -0.2) is 26.7 Å². The van der Waals surface area contributed by atoms with Gasteiger partial charge in [0.2, 0.25) is 0 Å². The van der Waals surface area contributed by atoms with E-state index in [0.29, 0.717) is 23.5 Å². The highest BCUT2D eigenvalue weighted by molar-refractivity contribution is 7.92. The van der Waals surface area contributed by atoms with Crippen molar-refractivity contribution in [3.8, 4) is 5.69 Å². The van der Waals surface area contributed by atoms with Crippen LogP contribution in [0.4, 0.5) is 14.5 Å². The Kier molecular flexibility index (Phi) is 4.62. The van der Waals surface area contributed by atoms with Crippen molar-refractivity contribution in [2.45, 2.75) is 11.8 Å². The standard InChI is InChI=1S/C16H12F2N4O4S/c1-9-8-22(21-19-9)10-2-4-11(5-3-10)27(25,26)20-15-7-13(17)12(16(23)24)6-14(15)18/h2-8,20H,1H3,(H,23,24). The Hall–Kier alpha value is -3.34. The molecule has 0 aliphatic rings. The Morgan fingerprint density at radius 1 is 1.15 bits per heavy atom. The first kappa shape index (κ1) is 18.5. The first-order valence-electron chi connectivity index (χ1n) is 7.42. The number of anilines is 1. The normalized spacial score (nSPS) is 11.4. The average molecular weight is 394 g/mol. The number of nitrogens with zero attached hydrogens (tertiary/aromatic N) is 3. The number of benzene rings is 2. The van der Waals surface area contributed by atoms with Crippen molar-refractivity contribution in [2.24, 2.45) is 0 Å². The van der Waals surface area contributed by atoms with Gasteiger partial charge < -0.3 is 5.11 Å². The number of carboxylic acids is 1.